The molecule has 5 rings (SSSR count). The van der Waals surface area contributed by atoms with Gasteiger partial charge in [0.25, 0.3) is 11.5 Å². The van der Waals surface area contributed by atoms with Gasteiger partial charge in [0.2, 0.25) is 0 Å². The summed E-state index contributed by atoms with van der Waals surface area (Å²) in [7, 11) is 0. The lowest BCUT2D eigenvalue weighted by molar-refractivity contribution is 0.0795. The molecule has 140 valence electrons. The molecule has 2 fully saturated rings. The summed E-state index contributed by atoms with van der Waals surface area (Å²) in [4.78, 5) is 30.3. The van der Waals surface area contributed by atoms with Gasteiger partial charge in [-0.05, 0) is 50.9 Å². The van der Waals surface area contributed by atoms with Crippen LogP contribution in [0.2, 0.25) is 0 Å². The maximum absolute atomic E-state index is 13.1. The number of benzene rings is 1. The molecule has 0 atom stereocenters. The molecule has 0 saturated carbocycles. The maximum atomic E-state index is 13.1. The number of nitrogens with zero attached hydrogens (tertiary/aromatic N) is 3. The van der Waals surface area contributed by atoms with Gasteiger partial charge >= 0.3 is 0 Å². The molecular formula is C20H23N5O2. The Morgan fingerprint density at radius 3 is 2.70 bits per heavy atom. The molecule has 7 nitrogen and oxygen atoms in total. The Bertz CT molecular complexity index is 1070. The molecule has 2 aliphatic rings. The van der Waals surface area contributed by atoms with Crippen molar-refractivity contribution in [1.29, 1.82) is 0 Å². The van der Waals surface area contributed by atoms with Crippen LogP contribution in [0.25, 0.3) is 16.6 Å². The summed E-state index contributed by atoms with van der Waals surface area (Å²) in [5, 5.41) is 8.87. The SMILES string of the molecule is O=C(c1cccc2nn3c(C4CCNCC4)cc(=O)[nH]c3c12)N1CCCC1. The highest BCUT2D eigenvalue weighted by Gasteiger charge is 2.25. The lowest BCUT2D eigenvalue weighted by Gasteiger charge is -2.23. The summed E-state index contributed by atoms with van der Waals surface area (Å²) in [6.07, 6.45) is 4.06. The third-order valence-electron chi connectivity index (χ3n) is 5.85. The molecule has 0 spiro atoms. The van der Waals surface area contributed by atoms with E-state index in [1.165, 1.54) is 0 Å². The van der Waals surface area contributed by atoms with Crippen molar-refractivity contribution < 1.29 is 4.79 Å². The normalized spacial score (nSPS) is 18.6. The van der Waals surface area contributed by atoms with E-state index in [0.29, 0.717) is 17.1 Å². The van der Waals surface area contributed by atoms with Gasteiger partial charge in [0.05, 0.1) is 22.2 Å². The number of nitrogens with one attached hydrogen (secondary N) is 2. The standard InChI is InChI=1S/C20H23N5O2/c26-17-12-16(13-6-8-21-9-7-13)25-19(22-17)18-14(4-3-5-15(18)23-25)20(27)24-10-1-2-11-24/h3-5,12-13,21H,1-2,6-11H2,(H,22,26). The van der Waals surface area contributed by atoms with Crippen LogP contribution in [0.15, 0.2) is 29.1 Å². The maximum Gasteiger partial charge on any atom is 0.254 e. The minimum Gasteiger partial charge on any atom is -0.339 e. The summed E-state index contributed by atoms with van der Waals surface area (Å²) in [5.41, 5.74) is 2.81. The van der Waals surface area contributed by atoms with E-state index < -0.39 is 0 Å². The number of amides is 1. The Kier molecular flexibility index (Phi) is 3.97. The predicted molar refractivity (Wildman–Crippen MR) is 103 cm³/mol. The van der Waals surface area contributed by atoms with Crippen molar-refractivity contribution in [2.75, 3.05) is 26.2 Å². The first-order valence-corrected chi connectivity index (χ1v) is 9.77. The van der Waals surface area contributed by atoms with Crippen molar-refractivity contribution in [3.8, 4) is 0 Å². The van der Waals surface area contributed by atoms with Crippen LogP contribution in [0.1, 0.15) is 47.7 Å². The fourth-order valence-electron chi connectivity index (χ4n) is 4.46. The Morgan fingerprint density at radius 1 is 1.15 bits per heavy atom. The van der Waals surface area contributed by atoms with E-state index in [0.717, 1.165) is 68.5 Å². The van der Waals surface area contributed by atoms with Crippen LogP contribution in [0, 0.1) is 0 Å². The molecule has 0 unspecified atom stereocenters. The van der Waals surface area contributed by atoms with Crippen LogP contribution < -0.4 is 10.9 Å². The third-order valence-corrected chi connectivity index (χ3v) is 5.85. The molecule has 2 aromatic heterocycles. The molecule has 4 heterocycles. The average Bonchev–Trinajstić information content (AvgIpc) is 3.35. The number of aromatic nitrogens is 3. The lowest BCUT2D eigenvalue weighted by atomic mass is 9.94. The summed E-state index contributed by atoms with van der Waals surface area (Å²) in [6, 6.07) is 7.30. The summed E-state index contributed by atoms with van der Waals surface area (Å²) >= 11 is 0. The number of H-pyrrole nitrogens is 1. The summed E-state index contributed by atoms with van der Waals surface area (Å²) in [5.74, 6) is 0.323. The molecule has 2 N–H and O–H groups in total. The van der Waals surface area contributed by atoms with Gasteiger partial charge in [-0.2, -0.15) is 5.10 Å². The van der Waals surface area contributed by atoms with Gasteiger partial charge in [-0.25, -0.2) is 4.52 Å². The minimum atomic E-state index is -0.138. The smallest absolute Gasteiger partial charge is 0.254 e. The largest absolute Gasteiger partial charge is 0.339 e. The highest BCUT2D eigenvalue weighted by molar-refractivity contribution is 6.11. The second-order valence-electron chi connectivity index (χ2n) is 7.54. The number of piperidine rings is 1. The first-order valence-electron chi connectivity index (χ1n) is 9.77. The molecule has 0 radical (unpaired) electrons. The molecule has 7 heteroatoms. The number of likely N-dealkylation sites (tertiary alicyclic amines) is 1. The molecule has 1 aromatic carbocycles. The first-order chi connectivity index (χ1) is 13.2. The predicted octanol–water partition coefficient (Wildman–Crippen LogP) is 1.88. The van der Waals surface area contributed by atoms with Crippen molar-refractivity contribution in [1.82, 2.24) is 24.8 Å². The Morgan fingerprint density at radius 2 is 1.93 bits per heavy atom. The number of rotatable bonds is 2. The van der Waals surface area contributed by atoms with Gasteiger partial charge in [-0.15, -0.1) is 0 Å². The second-order valence-corrected chi connectivity index (χ2v) is 7.54. The zero-order valence-corrected chi connectivity index (χ0v) is 15.2. The van der Waals surface area contributed by atoms with E-state index in [-0.39, 0.29) is 11.5 Å². The van der Waals surface area contributed by atoms with Crippen LogP contribution in [0.4, 0.5) is 0 Å². The summed E-state index contributed by atoms with van der Waals surface area (Å²) < 4.78 is 1.85. The number of carbonyl (C=O) groups excluding carboxylic acids is 1. The van der Waals surface area contributed by atoms with Gasteiger partial charge in [0.1, 0.15) is 5.65 Å². The minimum absolute atomic E-state index is 0.0288. The lowest BCUT2D eigenvalue weighted by Crippen LogP contribution is -2.28. The van der Waals surface area contributed by atoms with Gasteiger partial charge in [0, 0.05) is 25.1 Å². The van der Waals surface area contributed by atoms with E-state index in [9.17, 15) is 9.59 Å². The fourth-order valence-corrected chi connectivity index (χ4v) is 4.46. The van der Waals surface area contributed by atoms with E-state index in [1.54, 1.807) is 6.07 Å². The van der Waals surface area contributed by atoms with E-state index >= 15 is 0 Å². The number of fused-ring (bicyclic) bond motifs is 3. The van der Waals surface area contributed by atoms with Crippen molar-refractivity contribution in [3.63, 3.8) is 0 Å². The van der Waals surface area contributed by atoms with E-state index in [2.05, 4.69) is 10.3 Å². The van der Waals surface area contributed by atoms with Gasteiger partial charge in [-0.3, -0.25) is 9.59 Å². The van der Waals surface area contributed by atoms with Gasteiger partial charge in [0.15, 0.2) is 0 Å². The number of hydrogen-bond acceptors (Lipinski definition) is 4. The Hall–Kier alpha value is -2.67. The Balaban J connectivity index is 1.72. The van der Waals surface area contributed by atoms with Crippen LogP contribution in [-0.2, 0) is 0 Å². The molecule has 3 aromatic rings. The molecule has 27 heavy (non-hydrogen) atoms. The quantitative estimate of drug-likeness (QED) is 0.726. The van der Waals surface area contributed by atoms with Crippen LogP contribution in [0.3, 0.4) is 0 Å². The van der Waals surface area contributed by atoms with Crippen LogP contribution >= 0.6 is 0 Å². The summed E-state index contributed by atoms with van der Waals surface area (Å²) in [6.45, 7) is 3.48. The van der Waals surface area contributed by atoms with Crippen molar-refractivity contribution in [2.24, 2.45) is 0 Å². The van der Waals surface area contributed by atoms with Gasteiger partial charge in [-0.1, -0.05) is 6.07 Å². The topological polar surface area (TPSA) is 82.5 Å². The Labute approximate surface area is 156 Å². The zero-order valence-electron chi connectivity index (χ0n) is 15.2. The van der Waals surface area contributed by atoms with Crippen molar-refractivity contribution >= 4 is 22.5 Å². The average molecular weight is 365 g/mol. The monoisotopic (exact) mass is 365 g/mol. The third kappa shape index (κ3) is 2.73. The second kappa shape index (κ2) is 6.49. The zero-order chi connectivity index (χ0) is 18.4. The molecule has 2 saturated heterocycles. The molecule has 0 aliphatic carbocycles. The van der Waals surface area contributed by atoms with Crippen molar-refractivity contribution in [2.45, 2.75) is 31.6 Å². The molecular weight excluding hydrogens is 342 g/mol. The molecule has 0 bridgehead atoms. The number of carbonyl (C=O) groups is 1. The van der Waals surface area contributed by atoms with Crippen LogP contribution in [0.5, 0.6) is 0 Å². The van der Waals surface area contributed by atoms with Crippen LogP contribution in [-0.4, -0.2) is 51.6 Å². The highest BCUT2D eigenvalue weighted by Crippen LogP contribution is 2.29. The number of aromatic amines is 1. The molecule has 1 amide bonds. The number of hydrogen-bond donors (Lipinski definition) is 2. The highest BCUT2D eigenvalue weighted by atomic mass is 16.2. The molecule has 2 aliphatic heterocycles. The first kappa shape index (κ1) is 16.5. The van der Waals surface area contributed by atoms with Crippen molar-refractivity contribution in [3.05, 3.63) is 45.9 Å². The van der Waals surface area contributed by atoms with Gasteiger partial charge < -0.3 is 15.2 Å². The fraction of sp³-hybridized carbons (Fsp3) is 0.450. The van der Waals surface area contributed by atoms with E-state index in [1.807, 2.05) is 27.6 Å². The van der Waals surface area contributed by atoms with E-state index in [4.69, 9.17) is 5.10 Å².